The van der Waals surface area contributed by atoms with Crippen molar-refractivity contribution in [1.29, 1.82) is 0 Å². The van der Waals surface area contributed by atoms with Crippen molar-refractivity contribution in [1.82, 2.24) is 10.3 Å². The number of carbonyl (C=O) groups is 1. The molecule has 1 N–H and O–H groups in total. The largest absolute Gasteiger partial charge is 0.366 e. The first kappa shape index (κ1) is 19.6. The van der Waals surface area contributed by atoms with Crippen LogP contribution in [0.1, 0.15) is 35.0 Å². The Bertz CT molecular complexity index is 848. The first-order valence-electron chi connectivity index (χ1n) is 9.83. The van der Waals surface area contributed by atoms with E-state index >= 15 is 0 Å². The predicted octanol–water partition coefficient (Wildman–Crippen LogP) is 4.47. The quantitative estimate of drug-likeness (QED) is 0.563. The van der Waals surface area contributed by atoms with Gasteiger partial charge in [-0.25, -0.2) is 4.98 Å². The molecule has 0 spiro atoms. The van der Waals surface area contributed by atoms with E-state index in [1.165, 1.54) is 11.1 Å². The van der Waals surface area contributed by atoms with Crippen molar-refractivity contribution in [2.75, 3.05) is 18.0 Å². The Hall–Kier alpha value is -3.14. The van der Waals surface area contributed by atoms with Crippen LogP contribution in [0.15, 0.2) is 79.0 Å². The van der Waals surface area contributed by atoms with E-state index in [1.807, 2.05) is 42.5 Å². The highest BCUT2D eigenvalue weighted by molar-refractivity contribution is 5.92. The van der Waals surface area contributed by atoms with Crippen molar-refractivity contribution >= 4 is 11.6 Å². The van der Waals surface area contributed by atoms with Gasteiger partial charge in [0.1, 0.15) is 5.69 Å². The van der Waals surface area contributed by atoms with Gasteiger partial charge in [0, 0.05) is 19.6 Å². The molecule has 0 atom stereocenters. The number of anilines is 1. The van der Waals surface area contributed by atoms with Crippen LogP contribution in [-0.2, 0) is 13.0 Å². The van der Waals surface area contributed by atoms with E-state index < -0.39 is 0 Å². The van der Waals surface area contributed by atoms with Gasteiger partial charge in [0.15, 0.2) is 0 Å². The van der Waals surface area contributed by atoms with Crippen LogP contribution in [0, 0.1) is 0 Å². The Morgan fingerprint density at radius 3 is 2.21 bits per heavy atom. The van der Waals surface area contributed by atoms with Crippen molar-refractivity contribution in [2.45, 2.75) is 26.3 Å². The first-order valence-corrected chi connectivity index (χ1v) is 9.83. The Balaban J connectivity index is 1.50. The number of nitrogens with one attached hydrogen (secondary N) is 1. The zero-order valence-corrected chi connectivity index (χ0v) is 16.3. The summed E-state index contributed by atoms with van der Waals surface area (Å²) < 4.78 is 0. The van der Waals surface area contributed by atoms with E-state index in [9.17, 15) is 4.79 Å². The van der Waals surface area contributed by atoms with E-state index in [-0.39, 0.29) is 5.91 Å². The molecule has 1 aromatic heterocycles. The summed E-state index contributed by atoms with van der Waals surface area (Å²) in [6.07, 6.45) is 3.65. The number of rotatable bonds is 9. The molecular weight excluding hydrogens is 346 g/mol. The lowest BCUT2D eigenvalue weighted by atomic mass is 10.1. The van der Waals surface area contributed by atoms with Gasteiger partial charge < -0.3 is 10.2 Å². The Kier molecular flexibility index (Phi) is 7.19. The molecule has 0 unspecified atom stereocenters. The highest BCUT2D eigenvalue weighted by atomic mass is 16.1. The number of nitrogens with zero attached hydrogens (tertiary/aromatic N) is 2. The van der Waals surface area contributed by atoms with Crippen LogP contribution >= 0.6 is 0 Å². The Morgan fingerprint density at radius 2 is 1.61 bits per heavy atom. The number of hydrogen-bond donors (Lipinski definition) is 1. The summed E-state index contributed by atoms with van der Waals surface area (Å²) in [6.45, 7) is 4.47. The van der Waals surface area contributed by atoms with E-state index in [0.717, 1.165) is 31.6 Å². The minimum atomic E-state index is -0.120. The van der Waals surface area contributed by atoms with Crippen LogP contribution in [-0.4, -0.2) is 24.0 Å². The van der Waals surface area contributed by atoms with Gasteiger partial charge in [0.05, 0.1) is 11.9 Å². The number of benzene rings is 2. The number of aryl methyl sites for hydroxylation is 1. The number of pyridine rings is 1. The van der Waals surface area contributed by atoms with Gasteiger partial charge in [0.25, 0.3) is 5.91 Å². The van der Waals surface area contributed by atoms with Crippen LogP contribution in [0.25, 0.3) is 0 Å². The van der Waals surface area contributed by atoms with Crippen molar-refractivity contribution in [2.24, 2.45) is 0 Å². The van der Waals surface area contributed by atoms with Crippen molar-refractivity contribution < 1.29 is 4.79 Å². The molecule has 0 aliphatic heterocycles. The average Bonchev–Trinajstić information content (AvgIpc) is 2.76. The summed E-state index contributed by atoms with van der Waals surface area (Å²) in [4.78, 5) is 18.9. The molecule has 28 heavy (non-hydrogen) atoms. The summed E-state index contributed by atoms with van der Waals surface area (Å²) in [5, 5.41) is 2.96. The van der Waals surface area contributed by atoms with Crippen LogP contribution in [0.3, 0.4) is 0 Å². The van der Waals surface area contributed by atoms with Crippen LogP contribution in [0.5, 0.6) is 0 Å². The molecule has 0 bridgehead atoms. The van der Waals surface area contributed by atoms with Gasteiger partial charge in [-0.3, -0.25) is 4.79 Å². The zero-order valence-electron chi connectivity index (χ0n) is 16.3. The van der Waals surface area contributed by atoms with Gasteiger partial charge in [0.2, 0.25) is 0 Å². The Morgan fingerprint density at radius 1 is 0.929 bits per heavy atom. The van der Waals surface area contributed by atoms with Crippen molar-refractivity contribution in [3.63, 3.8) is 0 Å². The molecule has 1 heterocycles. The lowest BCUT2D eigenvalue weighted by molar-refractivity contribution is 0.0948. The molecule has 4 heteroatoms. The topological polar surface area (TPSA) is 45.2 Å². The van der Waals surface area contributed by atoms with Gasteiger partial charge in [-0.05, 0) is 43.0 Å². The third-order valence-electron chi connectivity index (χ3n) is 4.71. The van der Waals surface area contributed by atoms with E-state index in [1.54, 1.807) is 12.3 Å². The summed E-state index contributed by atoms with van der Waals surface area (Å²) in [7, 11) is 0. The maximum absolute atomic E-state index is 12.3. The van der Waals surface area contributed by atoms with E-state index in [2.05, 4.69) is 46.4 Å². The number of hydrogen-bond acceptors (Lipinski definition) is 3. The minimum Gasteiger partial charge on any atom is -0.366 e. The molecule has 0 saturated heterocycles. The molecular formula is C24H27N3O. The highest BCUT2D eigenvalue weighted by Gasteiger charge is 2.10. The molecule has 3 rings (SSSR count). The monoisotopic (exact) mass is 373 g/mol. The number of aromatic nitrogens is 1. The summed E-state index contributed by atoms with van der Waals surface area (Å²) in [5.41, 5.74) is 4.02. The van der Waals surface area contributed by atoms with Crippen LogP contribution in [0.4, 0.5) is 5.69 Å². The maximum Gasteiger partial charge on any atom is 0.269 e. The summed E-state index contributed by atoms with van der Waals surface area (Å²) in [6, 6.07) is 24.4. The molecule has 144 valence electrons. The third-order valence-corrected chi connectivity index (χ3v) is 4.71. The van der Waals surface area contributed by atoms with Gasteiger partial charge in [-0.2, -0.15) is 0 Å². The second-order valence-electron chi connectivity index (χ2n) is 6.75. The molecule has 2 aromatic carbocycles. The number of amides is 1. The molecule has 0 fully saturated rings. The molecule has 3 aromatic rings. The SMILES string of the molecule is CCN(Cc1ccccc1)c1ccc(C(=O)NCCCc2ccccc2)nc1. The average molecular weight is 374 g/mol. The molecule has 0 saturated carbocycles. The second kappa shape index (κ2) is 10.3. The fraction of sp³-hybridized carbons (Fsp3) is 0.250. The van der Waals surface area contributed by atoms with Crippen LogP contribution in [0.2, 0.25) is 0 Å². The minimum absolute atomic E-state index is 0.120. The van der Waals surface area contributed by atoms with Gasteiger partial charge >= 0.3 is 0 Å². The molecule has 0 aliphatic carbocycles. The summed E-state index contributed by atoms with van der Waals surface area (Å²) >= 11 is 0. The van der Waals surface area contributed by atoms with Gasteiger partial charge in [-0.1, -0.05) is 60.7 Å². The molecule has 4 nitrogen and oxygen atoms in total. The fourth-order valence-corrected chi connectivity index (χ4v) is 3.13. The standard InChI is InChI=1S/C24H27N3O/c1-2-27(19-21-12-7-4-8-13-21)22-15-16-23(26-18-22)24(28)25-17-9-14-20-10-5-3-6-11-20/h3-8,10-13,15-16,18H,2,9,14,17,19H2,1H3,(H,25,28). The Labute approximate surface area is 167 Å². The normalized spacial score (nSPS) is 10.5. The van der Waals surface area contributed by atoms with E-state index in [4.69, 9.17) is 0 Å². The first-order chi connectivity index (χ1) is 13.8. The van der Waals surface area contributed by atoms with Crippen molar-refractivity contribution in [3.8, 4) is 0 Å². The predicted molar refractivity (Wildman–Crippen MR) is 114 cm³/mol. The van der Waals surface area contributed by atoms with E-state index in [0.29, 0.717) is 12.2 Å². The van der Waals surface area contributed by atoms with Crippen LogP contribution < -0.4 is 10.2 Å². The lowest BCUT2D eigenvalue weighted by Gasteiger charge is -2.23. The summed E-state index contributed by atoms with van der Waals surface area (Å²) in [5.74, 6) is -0.120. The lowest BCUT2D eigenvalue weighted by Crippen LogP contribution is -2.26. The smallest absolute Gasteiger partial charge is 0.269 e. The highest BCUT2D eigenvalue weighted by Crippen LogP contribution is 2.16. The fourth-order valence-electron chi connectivity index (χ4n) is 3.13. The molecule has 0 aliphatic rings. The number of carbonyl (C=O) groups excluding carboxylic acids is 1. The molecule has 0 radical (unpaired) electrons. The zero-order chi connectivity index (χ0) is 19.6. The second-order valence-corrected chi connectivity index (χ2v) is 6.75. The van der Waals surface area contributed by atoms with Crippen molar-refractivity contribution in [3.05, 3.63) is 95.8 Å². The maximum atomic E-state index is 12.3. The van der Waals surface area contributed by atoms with Gasteiger partial charge in [-0.15, -0.1) is 0 Å². The third kappa shape index (κ3) is 5.68. The molecule has 1 amide bonds.